The van der Waals surface area contributed by atoms with Crippen LogP contribution in [0.15, 0.2) is 76.4 Å². The monoisotopic (exact) mass is 395 g/mol. The van der Waals surface area contributed by atoms with Crippen LogP contribution in [-0.4, -0.2) is 18.4 Å². The maximum atomic E-state index is 12.8. The molecule has 8 heteroatoms. The summed E-state index contributed by atoms with van der Waals surface area (Å²) < 4.78 is 34.1. The largest absolute Gasteiger partial charge is 0.455 e. The van der Waals surface area contributed by atoms with Crippen molar-refractivity contribution in [2.75, 3.05) is 4.72 Å². The third-order valence-corrected chi connectivity index (χ3v) is 5.51. The van der Waals surface area contributed by atoms with Crippen LogP contribution in [0.5, 0.6) is 11.5 Å². The Kier molecular flexibility index (Phi) is 4.40. The van der Waals surface area contributed by atoms with Gasteiger partial charge in [-0.15, -0.1) is 0 Å². The van der Waals surface area contributed by atoms with Gasteiger partial charge in [0.2, 0.25) is 0 Å². The fraction of sp³-hybridized carbons (Fsp3) is 0.0500. The average Bonchev–Trinajstić information content (AvgIpc) is 3.02. The van der Waals surface area contributed by atoms with E-state index in [2.05, 4.69) is 14.7 Å². The standard InChI is InChI=1S/C20H17N3O4S/c1-13-5-4-6-14(11-13)27-19-8-3-2-7-17(19)23-28(25,26)15-9-10-16-18(12-15)22-20(24)21-16/h2-12,23H,1H3,(H2,21,22,24). The van der Waals surface area contributed by atoms with Gasteiger partial charge in [0, 0.05) is 0 Å². The number of para-hydroxylation sites is 2. The Labute approximate surface area is 161 Å². The molecule has 0 unspecified atom stereocenters. The van der Waals surface area contributed by atoms with E-state index in [1.807, 2.05) is 25.1 Å². The van der Waals surface area contributed by atoms with E-state index in [9.17, 15) is 13.2 Å². The highest BCUT2D eigenvalue weighted by Crippen LogP contribution is 2.31. The van der Waals surface area contributed by atoms with Crippen molar-refractivity contribution >= 4 is 26.7 Å². The van der Waals surface area contributed by atoms with Gasteiger partial charge in [-0.2, -0.15) is 0 Å². The molecule has 0 atom stereocenters. The number of aryl methyl sites for hydroxylation is 1. The molecule has 0 spiro atoms. The van der Waals surface area contributed by atoms with Gasteiger partial charge in [-0.05, 0) is 55.0 Å². The molecule has 0 bridgehead atoms. The van der Waals surface area contributed by atoms with E-state index in [4.69, 9.17) is 4.74 Å². The highest BCUT2D eigenvalue weighted by atomic mass is 32.2. The first-order valence-electron chi connectivity index (χ1n) is 8.49. The zero-order valence-corrected chi connectivity index (χ0v) is 15.7. The van der Waals surface area contributed by atoms with Gasteiger partial charge in [-0.3, -0.25) is 4.72 Å². The second kappa shape index (κ2) is 6.90. The lowest BCUT2D eigenvalue weighted by atomic mass is 10.2. The van der Waals surface area contributed by atoms with Crippen LogP contribution >= 0.6 is 0 Å². The number of hydrogen-bond acceptors (Lipinski definition) is 4. The van der Waals surface area contributed by atoms with E-state index >= 15 is 0 Å². The fourth-order valence-electron chi connectivity index (χ4n) is 2.83. The summed E-state index contributed by atoms with van der Waals surface area (Å²) >= 11 is 0. The number of benzene rings is 3. The minimum Gasteiger partial charge on any atom is -0.455 e. The van der Waals surface area contributed by atoms with Crippen LogP contribution in [0.2, 0.25) is 0 Å². The van der Waals surface area contributed by atoms with E-state index in [-0.39, 0.29) is 4.90 Å². The molecule has 0 aliphatic carbocycles. The Bertz CT molecular complexity index is 1320. The van der Waals surface area contributed by atoms with Crippen molar-refractivity contribution in [3.05, 3.63) is 82.8 Å². The van der Waals surface area contributed by atoms with E-state index in [0.29, 0.717) is 28.2 Å². The van der Waals surface area contributed by atoms with Gasteiger partial charge in [-0.25, -0.2) is 13.2 Å². The number of rotatable bonds is 5. The number of hydrogen-bond donors (Lipinski definition) is 3. The molecule has 1 heterocycles. The molecular formula is C20H17N3O4S. The smallest absolute Gasteiger partial charge is 0.323 e. The number of anilines is 1. The van der Waals surface area contributed by atoms with Crippen LogP contribution in [0.3, 0.4) is 0 Å². The van der Waals surface area contributed by atoms with Crippen molar-refractivity contribution in [2.24, 2.45) is 0 Å². The molecule has 0 aliphatic heterocycles. The molecule has 142 valence electrons. The Morgan fingerprint density at radius 3 is 2.50 bits per heavy atom. The quantitative estimate of drug-likeness (QED) is 0.479. The van der Waals surface area contributed by atoms with Crippen molar-refractivity contribution in [1.82, 2.24) is 9.97 Å². The summed E-state index contributed by atoms with van der Waals surface area (Å²) in [5, 5.41) is 0. The zero-order chi connectivity index (χ0) is 19.7. The molecule has 7 nitrogen and oxygen atoms in total. The van der Waals surface area contributed by atoms with Crippen molar-refractivity contribution in [1.29, 1.82) is 0 Å². The van der Waals surface area contributed by atoms with E-state index in [1.54, 1.807) is 30.3 Å². The number of aromatic nitrogens is 2. The lowest BCUT2D eigenvalue weighted by Crippen LogP contribution is -2.13. The molecule has 4 rings (SSSR count). The number of ether oxygens (including phenoxy) is 1. The lowest BCUT2D eigenvalue weighted by molar-refractivity contribution is 0.484. The molecule has 4 aromatic rings. The minimum atomic E-state index is -3.88. The Balaban J connectivity index is 1.66. The second-order valence-electron chi connectivity index (χ2n) is 6.31. The van der Waals surface area contributed by atoms with Crippen molar-refractivity contribution in [3.63, 3.8) is 0 Å². The van der Waals surface area contributed by atoms with E-state index in [0.717, 1.165) is 5.56 Å². The van der Waals surface area contributed by atoms with Crippen molar-refractivity contribution in [3.8, 4) is 11.5 Å². The number of aromatic amines is 2. The third-order valence-electron chi connectivity index (χ3n) is 4.15. The van der Waals surface area contributed by atoms with Gasteiger partial charge in [0.15, 0.2) is 5.75 Å². The first-order chi connectivity index (χ1) is 13.4. The van der Waals surface area contributed by atoms with Crippen LogP contribution in [0.25, 0.3) is 11.0 Å². The van der Waals surface area contributed by atoms with Gasteiger partial charge >= 0.3 is 5.69 Å². The molecule has 3 aromatic carbocycles. The van der Waals surface area contributed by atoms with Crippen LogP contribution in [0.1, 0.15) is 5.56 Å². The van der Waals surface area contributed by atoms with E-state index in [1.165, 1.54) is 18.2 Å². The molecule has 0 radical (unpaired) electrons. The number of imidazole rings is 1. The van der Waals surface area contributed by atoms with Gasteiger partial charge in [0.05, 0.1) is 21.6 Å². The molecule has 3 N–H and O–H groups in total. The van der Waals surface area contributed by atoms with Gasteiger partial charge in [0.25, 0.3) is 10.0 Å². The first-order valence-corrected chi connectivity index (χ1v) is 9.97. The predicted octanol–water partition coefficient (Wildman–Crippen LogP) is 3.76. The minimum absolute atomic E-state index is 0.0283. The molecule has 28 heavy (non-hydrogen) atoms. The predicted molar refractivity (Wildman–Crippen MR) is 107 cm³/mol. The van der Waals surface area contributed by atoms with Gasteiger partial charge < -0.3 is 14.7 Å². The highest BCUT2D eigenvalue weighted by Gasteiger charge is 2.18. The first kappa shape index (κ1) is 17.9. The Morgan fingerprint density at radius 2 is 1.68 bits per heavy atom. The zero-order valence-electron chi connectivity index (χ0n) is 14.9. The molecule has 0 aliphatic rings. The number of H-pyrrole nitrogens is 2. The van der Waals surface area contributed by atoms with Gasteiger partial charge in [-0.1, -0.05) is 24.3 Å². The van der Waals surface area contributed by atoms with Crippen LogP contribution < -0.4 is 15.1 Å². The molecule has 0 amide bonds. The number of fused-ring (bicyclic) bond motifs is 1. The maximum Gasteiger partial charge on any atom is 0.323 e. The summed E-state index contributed by atoms with van der Waals surface area (Å²) in [6, 6.07) is 18.6. The van der Waals surface area contributed by atoms with Crippen LogP contribution in [0, 0.1) is 6.92 Å². The lowest BCUT2D eigenvalue weighted by Gasteiger charge is -2.14. The van der Waals surface area contributed by atoms with Crippen LogP contribution in [0.4, 0.5) is 5.69 Å². The normalized spacial score (nSPS) is 11.5. The third kappa shape index (κ3) is 3.63. The van der Waals surface area contributed by atoms with E-state index < -0.39 is 15.7 Å². The van der Waals surface area contributed by atoms with Crippen molar-refractivity contribution < 1.29 is 13.2 Å². The summed E-state index contributed by atoms with van der Waals surface area (Å²) in [5.74, 6) is 0.991. The SMILES string of the molecule is Cc1cccc(Oc2ccccc2NS(=O)(=O)c2ccc3[nH]c(=O)[nH]c3c2)c1. The topological polar surface area (TPSA) is 104 Å². The molecule has 0 saturated carbocycles. The van der Waals surface area contributed by atoms with Crippen molar-refractivity contribution in [2.45, 2.75) is 11.8 Å². The average molecular weight is 395 g/mol. The summed E-state index contributed by atoms with van der Waals surface area (Å²) in [4.78, 5) is 16.6. The fourth-order valence-corrected chi connectivity index (χ4v) is 3.92. The summed E-state index contributed by atoms with van der Waals surface area (Å²) in [6.07, 6.45) is 0. The maximum absolute atomic E-state index is 12.8. The van der Waals surface area contributed by atoms with Gasteiger partial charge in [0.1, 0.15) is 5.75 Å². The summed E-state index contributed by atoms with van der Waals surface area (Å²) in [6.45, 7) is 1.95. The molecule has 1 aromatic heterocycles. The highest BCUT2D eigenvalue weighted by molar-refractivity contribution is 7.92. The van der Waals surface area contributed by atoms with Crippen LogP contribution in [-0.2, 0) is 10.0 Å². The molecule has 0 fully saturated rings. The second-order valence-corrected chi connectivity index (χ2v) is 7.99. The Morgan fingerprint density at radius 1 is 0.893 bits per heavy atom. The summed E-state index contributed by atoms with van der Waals surface area (Å²) in [5.41, 5.74) is 1.90. The number of nitrogens with one attached hydrogen (secondary N) is 3. The molecular weight excluding hydrogens is 378 g/mol. The molecule has 0 saturated heterocycles. The summed E-state index contributed by atoms with van der Waals surface area (Å²) in [7, 11) is -3.88. The number of sulfonamides is 1. The Hall–Kier alpha value is -3.52.